The average molecular weight is 191 g/mol. The molecular formula is C14H9N. The van der Waals surface area contributed by atoms with Crippen molar-refractivity contribution in [3.8, 4) is 0 Å². The molecule has 0 spiro atoms. The molecule has 4 rings (SSSR count). The summed E-state index contributed by atoms with van der Waals surface area (Å²) in [5.74, 6) is 0. The van der Waals surface area contributed by atoms with E-state index in [0.29, 0.717) is 0 Å². The molecule has 0 aliphatic rings. The second-order valence-electron chi connectivity index (χ2n) is 3.97. The summed E-state index contributed by atoms with van der Waals surface area (Å²) in [5, 5.41) is 2.63. The average Bonchev–Trinajstić information content (AvgIpc) is 2.66. The highest BCUT2D eigenvalue weighted by Gasteiger charge is 2.06. The molecule has 1 aromatic carbocycles. The minimum absolute atomic E-state index is 1.27. The Morgan fingerprint density at radius 2 is 1.47 bits per heavy atom. The fraction of sp³-hybridized carbons (Fsp3) is 0. The second kappa shape index (κ2) is 2.31. The zero-order valence-electron chi connectivity index (χ0n) is 8.14. The van der Waals surface area contributed by atoms with E-state index < -0.39 is 0 Å². The first kappa shape index (κ1) is 7.30. The maximum absolute atomic E-state index is 2.32. The van der Waals surface area contributed by atoms with Crippen LogP contribution in [0.5, 0.6) is 0 Å². The van der Waals surface area contributed by atoms with E-state index in [2.05, 4.69) is 59.0 Å². The van der Waals surface area contributed by atoms with Crippen molar-refractivity contribution >= 4 is 27.3 Å². The van der Waals surface area contributed by atoms with Crippen molar-refractivity contribution in [3.05, 3.63) is 54.6 Å². The number of rotatable bonds is 0. The fourth-order valence-corrected chi connectivity index (χ4v) is 2.47. The Morgan fingerprint density at radius 1 is 0.667 bits per heavy atom. The van der Waals surface area contributed by atoms with Crippen molar-refractivity contribution in [3.63, 3.8) is 0 Å². The molecule has 1 heteroatoms. The Labute approximate surface area is 86.9 Å². The van der Waals surface area contributed by atoms with Crippen LogP contribution in [0, 0.1) is 0 Å². The Kier molecular flexibility index (Phi) is 1.13. The second-order valence-corrected chi connectivity index (χ2v) is 3.97. The van der Waals surface area contributed by atoms with Gasteiger partial charge in [-0.05, 0) is 29.7 Å². The van der Waals surface area contributed by atoms with Crippen LogP contribution in [0.25, 0.3) is 27.3 Å². The first-order valence-electron chi connectivity index (χ1n) is 5.15. The number of pyridine rings is 2. The van der Waals surface area contributed by atoms with Gasteiger partial charge in [-0.3, -0.25) is 0 Å². The fourth-order valence-electron chi connectivity index (χ4n) is 2.47. The summed E-state index contributed by atoms with van der Waals surface area (Å²) in [6.07, 6.45) is 0. The van der Waals surface area contributed by atoms with Gasteiger partial charge in [0.05, 0.1) is 5.52 Å². The van der Waals surface area contributed by atoms with Crippen molar-refractivity contribution < 1.29 is 0 Å². The van der Waals surface area contributed by atoms with Crippen LogP contribution in [0.15, 0.2) is 54.6 Å². The quantitative estimate of drug-likeness (QED) is 0.373. The Balaban J connectivity index is 2.54. The highest BCUT2D eigenvalue weighted by molar-refractivity contribution is 6.02. The first-order chi connectivity index (χ1) is 7.43. The molecule has 0 unspecified atom stereocenters. The van der Waals surface area contributed by atoms with Gasteiger partial charge in [-0.1, -0.05) is 30.3 Å². The van der Waals surface area contributed by atoms with Crippen LogP contribution in [0.4, 0.5) is 0 Å². The summed E-state index contributed by atoms with van der Waals surface area (Å²) < 4.78 is 2.32. The molecule has 15 heavy (non-hydrogen) atoms. The van der Waals surface area contributed by atoms with E-state index in [0.717, 1.165) is 0 Å². The molecule has 0 aliphatic carbocycles. The van der Waals surface area contributed by atoms with Gasteiger partial charge in [0.2, 0.25) is 0 Å². The lowest BCUT2D eigenvalue weighted by Crippen LogP contribution is -1.87. The Hall–Kier alpha value is -2.02. The smallest absolute Gasteiger partial charge is 0.0607 e. The Morgan fingerprint density at radius 3 is 2.47 bits per heavy atom. The summed E-state index contributed by atoms with van der Waals surface area (Å²) in [6.45, 7) is 0. The minimum atomic E-state index is 1.27. The number of hydrogen-bond acceptors (Lipinski definition) is 0. The van der Waals surface area contributed by atoms with E-state index in [9.17, 15) is 0 Å². The lowest BCUT2D eigenvalue weighted by atomic mass is 10.1. The van der Waals surface area contributed by atoms with E-state index >= 15 is 0 Å². The molecule has 3 heterocycles. The van der Waals surface area contributed by atoms with Crippen LogP contribution in [0.1, 0.15) is 0 Å². The lowest BCUT2D eigenvalue weighted by molar-refractivity contribution is 1.32. The van der Waals surface area contributed by atoms with Crippen LogP contribution in [0.3, 0.4) is 0 Å². The van der Waals surface area contributed by atoms with Crippen LogP contribution in [-0.2, 0) is 0 Å². The van der Waals surface area contributed by atoms with Gasteiger partial charge >= 0.3 is 0 Å². The van der Waals surface area contributed by atoms with E-state index in [-0.39, 0.29) is 0 Å². The van der Waals surface area contributed by atoms with E-state index in [4.69, 9.17) is 0 Å². The van der Waals surface area contributed by atoms with Crippen LogP contribution >= 0.6 is 0 Å². The third-order valence-corrected chi connectivity index (χ3v) is 3.11. The van der Waals surface area contributed by atoms with Gasteiger partial charge in [-0.2, -0.15) is 0 Å². The van der Waals surface area contributed by atoms with Gasteiger partial charge in [-0.15, -0.1) is 0 Å². The molecule has 3 aromatic heterocycles. The van der Waals surface area contributed by atoms with Gasteiger partial charge < -0.3 is 4.40 Å². The SMILES string of the molecule is c1cc2ccc3cccc4cc(c1)c2n34. The van der Waals surface area contributed by atoms with Gasteiger partial charge in [0.1, 0.15) is 0 Å². The van der Waals surface area contributed by atoms with Gasteiger partial charge in [0, 0.05) is 16.4 Å². The van der Waals surface area contributed by atoms with Crippen molar-refractivity contribution in [2.24, 2.45) is 0 Å². The highest BCUT2D eigenvalue weighted by atomic mass is 14.9. The largest absolute Gasteiger partial charge is 0.309 e. The van der Waals surface area contributed by atoms with E-state index in [1.54, 1.807) is 0 Å². The molecule has 0 amide bonds. The number of para-hydroxylation sites is 1. The van der Waals surface area contributed by atoms with Gasteiger partial charge in [0.15, 0.2) is 0 Å². The predicted octanol–water partition coefficient (Wildman–Crippen LogP) is 3.68. The van der Waals surface area contributed by atoms with Crippen molar-refractivity contribution in [2.75, 3.05) is 0 Å². The maximum atomic E-state index is 2.32. The zero-order valence-corrected chi connectivity index (χ0v) is 8.14. The molecule has 0 aliphatic heterocycles. The molecule has 1 nitrogen and oxygen atoms in total. The third kappa shape index (κ3) is 0.785. The molecule has 0 atom stereocenters. The summed E-state index contributed by atoms with van der Waals surface area (Å²) in [6, 6.07) is 19.5. The normalized spacial score (nSPS) is 12.0. The predicted molar refractivity (Wildman–Crippen MR) is 63.6 cm³/mol. The summed E-state index contributed by atoms with van der Waals surface area (Å²) >= 11 is 0. The monoisotopic (exact) mass is 191 g/mol. The van der Waals surface area contributed by atoms with Crippen LogP contribution in [0.2, 0.25) is 0 Å². The molecule has 0 N–H and O–H groups in total. The first-order valence-corrected chi connectivity index (χ1v) is 5.15. The Bertz CT molecular complexity index is 700. The molecule has 0 saturated heterocycles. The zero-order chi connectivity index (χ0) is 9.83. The standard InChI is InChI=1S/C14H9N/c1-3-10-7-8-12-5-2-6-13-9-11(4-1)14(10)15(12)13/h1-9H. The van der Waals surface area contributed by atoms with Gasteiger partial charge in [-0.25, -0.2) is 0 Å². The molecule has 4 aromatic rings. The topological polar surface area (TPSA) is 4.41 Å². The number of benzene rings is 1. The minimum Gasteiger partial charge on any atom is -0.309 e. The van der Waals surface area contributed by atoms with Crippen LogP contribution in [-0.4, -0.2) is 4.40 Å². The van der Waals surface area contributed by atoms with Crippen molar-refractivity contribution in [2.45, 2.75) is 0 Å². The highest BCUT2D eigenvalue weighted by Crippen LogP contribution is 2.28. The summed E-state index contributed by atoms with van der Waals surface area (Å²) in [4.78, 5) is 0. The molecule has 0 bridgehead atoms. The number of nitrogens with zero attached hydrogens (tertiary/aromatic N) is 1. The van der Waals surface area contributed by atoms with E-state index in [1.807, 2.05) is 0 Å². The maximum Gasteiger partial charge on any atom is 0.0607 e. The molecular weight excluding hydrogens is 182 g/mol. The van der Waals surface area contributed by atoms with E-state index in [1.165, 1.54) is 27.3 Å². The van der Waals surface area contributed by atoms with Crippen molar-refractivity contribution in [1.82, 2.24) is 4.40 Å². The molecule has 0 saturated carbocycles. The molecule has 0 radical (unpaired) electrons. The number of hydrogen-bond donors (Lipinski definition) is 0. The lowest BCUT2D eigenvalue weighted by Gasteiger charge is -2.04. The number of aromatic nitrogens is 1. The molecule has 70 valence electrons. The summed E-state index contributed by atoms with van der Waals surface area (Å²) in [5.41, 5.74) is 3.88. The van der Waals surface area contributed by atoms with Gasteiger partial charge in [0.25, 0.3) is 0 Å². The third-order valence-electron chi connectivity index (χ3n) is 3.11. The molecule has 0 fully saturated rings. The van der Waals surface area contributed by atoms with Crippen LogP contribution < -0.4 is 0 Å². The van der Waals surface area contributed by atoms with Crippen molar-refractivity contribution in [1.29, 1.82) is 0 Å². The summed E-state index contributed by atoms with van der Waals surface area (Å²) in [7, 11) is 0.